The van der Waals surface area contributed by atoms with Crippen LogP contribution < -0.4 is 5.69 Å². The Morgan fingerprint density at radius 1 is 1.04 bits per heavy atom. The first kappa shape index (κ1) is 16.9. The Hall–Kier alpha value is -2.20. The van der Waals surface area contributed by atoms with Crippen LogP contribution in [0.3, 0.4) is 0 Å². The fourth-order valence-corrected chi connectivity index (χ4v) is 7.04. The molecule has 1 aliphatic heterocycles. The molecule has 0 amide bonds. The summed E-state index contributed by atoms with van der Waals surface area (Å²) in [5.74, 6) is 0. The van der Waals surface area contributed by atoms with E-state index in [2.05, 4.69) is 9.97 Å². The zero-order chi connectivity index (χ0) is 18.6. The summed E-state index contributed by atoms with van der Waals surface area (Å²) < 4.78 is 28.6. The number of sulfonamides is 1. The van der Waals surface area contributed by atoms with Gasteiger partial charge in [-0.2, -0.15) is 4.31 Å². The van der Waals surface area contributed by atoms with Crippen molar-refractivity contribution in [1.29, 1.82) is 0 Å². The number of H-pyrrole nitrogens is 2. The molecule has 0 radical (unpaired) electrons. The minimum Gasteiger partial charge on any atom is -0.306 e. The van der Waals surface area contributed by atoms with Gasteiger partial charge in [-0.05, 0) is 53.1 Å². The van der Waals surface area contributed by atoms with Crippen LogP contribution in [0.5, 0.6) is 0 Å². The highest BCUT2D eigenvalue weighted by Gasteiger charge is 2.38. The third kappa shape index (κ3) is 2.69. The third-order valence-corrected chi connectivity index (χ3v) is 8.61. The Balaban J connectivity index is 1.65. The van der Waals surface area contributed by atoms with Crippen molar-refractivity contribution in [2.75, 3.05) is 6.54 Å². The van der Waals surface area contributed by atoms with Gasteiger partial charge in [0.05, 0.1) is 22.0 Å². The van der Waals surface area contributed by atoms with Crippen molar-refractivity contribution in [2.45, 2.75) is 17.4 Å². The fourth-order valence-electron chi connectivity index (χ4n) is 3.60. The fraction of sp³-hybridized carbons (Fsp3) is 0.167. The predicted molar refractivity (Wildman–Crippen MR) is 107 cm³/mol. The summed E-state index contributed by atoms with van der Waals surface area (Å²) >= 11 is 3.24. The van der Waals surface area contributed by atoms with Crippen molar-refractivity contribution in [3.05, 3.63) is 73.0 Å². The maximum atomic E-state index is 13.5. The van der Waals surface area contributed by atoms with Crippen molar-refractivity contribution in [1.82, 2.24) is 14.3 Å². The van der Waals surface area contributed by atoms with Crippen molar-refractivity contribution in [3.8, 4) is 0 Å². The van der Waals surface area contributed by atoms with Crippen LogP contribution in [0, 0.1) is 0 Å². The lowest BCUT2D eigenvalue weighted by atomic mass is 10.0. The molecule has 6 nitrogen and oxygen atoms in total. The Morgan fingerprint density at radius 3 is 2.70 bits per heavy atom. The van der Waals surface area contributed by atoms with E-state index in [-0.39, 0.29) is 16.6 Å². The Labute approximate surface area is 163 Å². The molecule has 0 spiro atoms. The normalized spacial score (nSPS) is 18.0. The Bertz CT molecular complexity index is 1280. The first-order chi connectivity index (χ1) is 13.0. The quantitative estimate of drug-likeness (QED) is 0.536. The van der Waals surface area contributed by atoms with Gasteiger partial charge in [0.2, 0.25) is 10.0 Å². The second-order valence-electron chi connectivity index (χ2n) is 6.37. The number of nitrogens with zero attached hydrogens (tertiary/aromatic N) is 1. The van der Waals surface area contributed by atoms with E-state index in [4.69, 9.17) is 0 Å². The summed E-state index contributed by atoms with van der Waals surface area (Å²) in [4.78, 5) is 19.2. The van der Waals surface area contributed by atoms with Crippen LogP contribution in [0.4, 0.5) is 0 Å². The number of aromatic nitrogens is 2. The molecule has 2 N–H and O–H groups in total. The molecule has 1 aliphatic rings. The van der Waals surface area contributed by atoms with E-state index >= 15 is 0 Å². The van der Waals surface area contributed by atoms with E-state index in [0.29, 0.717) is 24.0 Å². The molecule has 0 saturated carbocycles. The first-order valence-electron chi connectivity index (χ1n) is 8.37. The molecule has 5 rings (SSSR count). The molecule has 4 aromatic rings. The lowest BCUT2D eigenvalue weighted by molar-refractivity contribution is 0.350. The molecule has 1 aromatic carbocycles. The highest BCUT2D eigenvalue weighted by molar-refractivity contribution is 7.89. The lowest BCUT2D eigenvalue weighted by Gasteiger charge is -2.34. The topological polar surface area (TPSA) is 86.0 Å². The van der Waals surface area contributed by atoms with Crippen LogP contribution in [-0.4, -0.2) is 29.2 Å². The Morgan fingerprint density at radius 2 is 1.89 bits per heavy atom. The summed E-state index contributed by atoms with van der Waals surface area (Å²) in [5.41, 5.74) is 1.79. The van der Waals surface area contributed by atoms with Gasteiger partial charge in [-0.1, -0.05) is 6.07 Å². The molecule has 0 unspecified atom stereocenters. The molecular weight excluding hydrogens is 402 g/mol. The van der Waals surface area contributed by atoms with E-state index in [0.717, 1.165) is 10.4 Å². The van der Waals surface area contributed by atoms with Crippen LogP contribution in [0.25, 0.3) is 11.0 Å². The molecule has 0 fully saturated rings. The SMILES string of the molecule is O=c1[nH]c2ccc(S(=O)(=O)N3CCc4sccc4[C@H]3c3cccs3)cc2[nH]1. The van der Waals surface area contributed by atoms with E-state index < -0.39 is 10.0 Å². The summed E-state index contributed by atoms with van der Waals surface area (Å²) in [7, 11) is -3.73. The molecule has 4 heterocycles. The van der Waals surface area contributed by atoms with E-state index in [9.17, 15) is 13.2 Å². The summed E-state index contributed by atoms with van der Waals surface area (Å²) in [5, 5.41) is 4.00. The number of aromatic amines is 2. The summed E-state index contributed by atoms with van der Waals surface area (Å²) in [6.07, 6.45) is 0.706. The van der Waals surface area contributed by atoms with Gasteiger partial charge in [-0.15, -0.1) is 22.7 Å². The average molecular weight is 418 g/mol. The highest BCUT2D eigenvalue weighted by Crippen LogP contribution is 2.42. The molecule has 0 saturated heterocycles. The third-order valence-electron chi connectivity index (χ3n) is 4.83. The standard InChI is InChI=1S/C18H15N3O3S3/c22-18-19-13-4-3-11(10-14(13)20-18)27(23,24)21-7-5-15-12(6-9-26-15)17(21)16-2-1-8-25-16/h1-4,6,8-10,17H,5,7H2,(H2,19,20,22)/t17-/m0/s1. The van der Waals surface area contributed by atoms with Crippen molar-refractivity contribution in [2.24, 2.45) is 0 Å². The molecule has 3 aromatic heterocycles. The van der Waals surface area contributed by atoms with Crippen molar-refractivity contribution < 1.29 is 8.42 Å². The van der Waals surface area contributed by atoms with E-state index in [1.165, 1.54) is 10.9 Å². The number of rotatable bonds is 3. The van der Waals surface area contributed by atoms with Gasteiger partial charge in [0.1, 0.15) is 0 Å². The molecule has 27 heavy (non-hydrogen) atoms. The van der Waals surface area contributed by atoms with Crippen LogP contribution in [0.2, 0.25) is 0 Å². The van der Waals surface area contributed by atoms with Crippen LogP contribution in [0.15, 0.2) is 56.8 Å². The largest absolute Gasteiger partial charge is 0.323 e. The number of hydrogen-bond donors (Lipinski definition) is 2. The van der Waals surface area contributed by atoms with Crippen LogP contribution >= 0.6 is 22.7 Å². The highest BCUT2D eigenvalue weighted by atomic mass is 32.2. The van der Waals surface area contributed by atoms with Gasteiger partial charge in [-0.3, -0.25) is 0 Å². The summed E-state index contributed by atoms with van der Waals surface area (Å²) in [6, 6.07) is 10.3. The average Bonchev–Trinajstić information content (AvgIpc) is 3.39. The number of hydrogen-bond acceptors (Lipinski definition) is 5. The Kier molecular flexibility index (Phi) is 3.87. The molecule has 138 valence electrons. The van der Waals surface area contributed by atoms with Gasteiger partial charge in [0, 0.05) is 16.3 Å². The molecule has 0 aliphatic carbocycles. The van der Waals surface area contributed by atoms with Gasteiger partial charge in [-0.25, -0.2) is 13.2 Å². The lowest BCUT2D eigenvalue weighted by Crippen LogP contribution is -2.39. The number of imidazole rings is 1. The van der Waals surface area contributed by atoms with Gasteiger partial charge in [0.15, 0.2) is 0 Å². The maximum absolute atomic E-state index is 13.5. The van der Waals surface area contributed by atoms with Gasteiger partial charge >= 0.3 is 5.69 Å². The number of nitrogens with one attached hydrogen (secondary N) is 2. The van der Waals surface area contributed by atoms with Gasteiger partial charge in [0.25, 0.3) is 0 Å². The number of benzene rings is 1. The van der Waals surface area contributed by atoms with Gasteiger partial charge < -0.3 is 9.97 Å². The molecule has 1 atom stereocenters. The molecule has 9 heteroatoms. The number of fused-ring (bicyclic) bond motifs is 2. The monoisotopic (exact) mass is 417 g/mol. The minimum absolute atomic E-state index is 0.186. The minimum atomic E-state index is -3.73. The maximum Gasteiger partial charge on any atom is 0.323 e. The predicted octanol–water partition coefficient (Wildman–Crippen LogP) is 3.32. The second-order valence-corrected chi connectivity index (χ2v) is 10.2. The summed E-state index contributed by atoms with van der Waals surface area (Å²) in [6.45, 7) is 0.431. The smallest absolute Gasteiger partial charge is 0.306 e. The first-order valence-corrected chi connectivity index (χ1v) is 11.6. The molecular formula is C18H15N3O3S3. The zero-order valence-corrected chi connectivity index (χ0v) is 16.5. The molecule has 0 bridgehead atoms. The van der Waals surface area contributed by atoms with Crippen LogP contribution in [-0.2, 0) is 16.4 Å². The zero-order valence-electron chi connectivity index (χ0n) is 14.0. The number of thiophene rings is 2. The van der Waals surface area contributed by atoms with Crippen molar-refractivity contribution >= 4 is 43.7 Å². The van der Waals surface area contributed by atoms with E-state index in [1.807, 2.05) is 29.0 Å². The van der Waals surface area contributed by atoms with Crippen molar-refractivity contribution in [3.63, 3.8) is 0 Å². The van der Waals surface area contributed by atoms with E-state index in [1.54, 1.807) is 39.1 Å². The second kappa shape index (κ2) is 6.16. The van der Waals surface area contributed by atoms with Crippen LogP contribution in [0.1, 0.15) is 21.4 Å².